The second kappa shape index (κ2) is 5.47. The molecule has 0 aliphatic carbocycles. The normalized spacial score (nSPS) is 31.5. The van der Waals surface area contributed by atoms with Gasteiger partial charge in [0.15, 0.2) is 0 Å². The van der Waals surface area contributed by atoms with E-state index in [1.807, 2.05) is 0 Å². The lowest BCUT2D eigenvalue weighted by atomic mass is 10.1. The predicted octanol–water partition coefficient (Wildman–Crippen LogP) is 0.424. The van der Waals surface area contributed by atoms with E-state index in [1.54, 1.807) is 0 Å². The molecule has 0 bridgehead atoms. The molecular formula is C11H20N2O2. The molecule has 0 aromatic rings. The summed E-state index contributed by atoms with van der Waals surface area (Å²) in [7, 11) is 0. The molecule has 2 heterocycles. The first kappa shape index (κ1) is 10.9. The largest absolute Gasteiger partial charge is 0.378 e. The maximum Gasteiger partial charge on any atom is 0.222 e. The first-order chi connectivity index (χ1) is 7.34. The van der Waals surface area contributed by atoms with Crippen LogP contribution in [0.15, 0.2) is 0 Å². The fourth-order valence-electron chi connectivity index (χ4n) is 2.24. The maximum absolute atomic E-state index is 11.6. The zero-order valence-corrected chi connectivity index (χ0v) is 9.13. The van der Waals surface area contributed by atoms with Crippen LogP contribution in [0.25, 0.3) is 0 Å². The third-order valence-electron chi connectivity index (χ3n) is 3.11. The van der Waals surface area contributed by atoms with Crippen LogP contribution in [-0.4, -0.2) is 37.7 Å². The van der Waals surface area contributed by atoms with Crippen LogP contribution >= 0.6 is 0 Å². The van der Waals surface area contributed by atoms with Gasteiger partial charge < -0.3 is 15.4 Å². The number of carbonyl (C=O) groups is 1. The Balaban J connectivity index is 1.66. The second-order valence-electron chi connectivity index (χ2n) is 4.45. The Hall–Kier alpha value is -0.610. The van der Waals surface area contributed by atoms with Gasteiger partial charge in [0, 0.05) is 19.2 Å². The Bertz CT molecular complexity index is 209. The third kappa shape index (κ3) is 3.47. The number of carbonyl (C=O) groups excluding carboxylic acids is 1. The summed E-state index contributed by atoms with van der Waals surface area (Å²) in [6, 6.07) is 0.334. The highest BCUT2D eigenvalue weighted by Crippen LogP contribution is 2.15. The summed E-state index contributed by atoms with van der Waals surface area (Å²) >= 11 is 0. The van der Waals surface area contributed by atoms with E-state index in [9.17, 15) is 4.79 Å². The Kier molecular flexibility index (Phi) is 3.97. The van der Waals surface area contributed by atoms with Crippen LogP contribution in [0, 0.1) is 0 Å². The highest BCUT2D eigenvalue weighted by atomic mass is 16.5. The lowest BCUT2D eigenvalue weighted by molar-refractivity contribution is -0.125. The molecule has 2 atom stereocenters. The molecule has 0 radical (unpaired) electrons. The maximum atomic E-state index is 11.6. The summed E-state index contributed by atoms with van der Waals surface area (Å²) in [6.45, 7) is 2.76. The van der Waals surface area contributed by atoms with E-state index in [4.69, 9.17) is 4.74 Å². The van der Waals surface area contributed by atoms with Crippen molar-refractivity contribution in [2.75, 3.05) is 19.7 Å². The van der Waals surface area contributed by atoms with Crippen LogP contribution in [0.2, 0.25) is 0 Å². The van der Waals surface area contributed by atoms with Gasteiger partial charge in [0.05, 0.1) is 12.5 Å². The van der Waals surface area contributed by atoms with Gasteiger partial charge in [-0.3, -0.25) is 4.79 Å². The summed E-state index contributed by atoms with van der Waals surface area (Å²) in [5.41, 5.74) is 0. The van der Waals surface area contributed by atoms with Gasteiger partial charge in [0.2, 0.25) is 5.91 Å². The lowest BCUT2D eigenvalue weighted by Crippen LogP contribution is -2.38. The number of hydrogen-bond acceptors (Lipinski definition) is 3. The minimum atomic E-state index is 0.149. The van der Waals surface area contributed by atoms with Crippen molar-refractivity contribution >= 4 is 5.91 Å². The Morgan fingerprint density at radius 1 is 1.40 bits per heavy atom. The molecule has 2 saturated heterocycles. The number of nitrogens with one attached hydrogen (secondary N) is 2. The Labute approximate surface area is 90.8 Å². The third-order valence-corrected chi connectivity index (χ3v) is 3.11. The number of amides is 1. The molecule has 2 N–H and O–H groups in total. The molecule has 4 heteroatoms. The van der Waals surface area contributed by atoms with Crippen molar-refractivity contribution in [1.82, 2.24) is 10.6 Å². The van der Waals surface area contributed by atoms with Gasteiger partial charge in [0.25, 0.3) is 0 Å². The zero-order valence-electron chi connectivity index (χ0n) is 9.13. The second-order valence-corrected chi connectivity index (χ2v) is 4.45. The van der Waals surface area contributed by atoms with Crippen molar-refractivity contribution < 1.29 is 9.53 Å². The molecule has 86 valence electrons. The summed E-state index contributed by atoms with van der Waals surface area (Å²) in [5, 5.41) is 6.28. The van der Waals surface area contributed by atoms with Crippen LogP contribution < -0.4 is 10.6 Å². The zero-order chi connectivity index (χ0) is 10.5. The van der Waals surface area contributed by atoms with E-state index >= 15 is 0 Å². The van der Waals surface area contributed by atoms with E-state index in [-0.39, 0.29) is 12.0 Å². The monoisotopic (exact) mass is 212 g/mol. The Morgan fingerprint density at radius 3 is 3.00 bits per heavy atom. The van der Waals surface area contributed by atoms with Gasteiger partial charge in [-0.1, -0.05) is 0 Å². The molecule has 2 aliphatic heterocycles. The van der Waals surface area contributed by atoms with Crippen molar-refractivity contribution in [2.45, 2.75) is 44.2 Å². The van der Waals surface area contributed by atoms with Crippen molar-refractivity contribution in [2.24, 2.45) is 0 Å². The molecule has 2 aliphatic rings. The molecule has 1 amide bonds. The Morgan fingerprint density at radius 2 is 2.33 bits per heavy atom. The molecule has 0 spiro atoms. The van der Waals surface area contributed by atoms with Crippen molar-refractivity contribution in [3.05, 3.63) is 0 Å². The van der Waals surface area contributed by atoms with E-state index in [2.05, 4.69) is 10.6 Å². The van der Waals surface area contributed by atoms with Gasteiger partial charge in [-0.15, -0.1) is 0 Å². The van der Waals surface area contributed by atoms with Crippen molar-refractivity contribution in [3.8, 4) is 0 Å². The van der Waals surface area contributed by atoms with Gasteiger partial charge in [-0.2, -0.15) is 0 Å². The highest BCUT2D eigenvalue weighted by molar-refractivity contribution is 5.76. The summed E-state index contributed by atoms with van der Waals surface area (Å²) in [6.07, 6.45) is 5.13. The molecule has 1 unspecified atom stereocenters. The molecule has 2 rings (SSSR count). The topological polar surface area (TPSA) is 50.4 Å². The SMILES string of the molecule is O=C(CC1CCCCO1)N[C@H]1CCNC1. The molecule has 4 nitrogen and oxygen atoms in total. The van der Waals surface area contributed by atoms with E-state index < -0.39 is 0 Å². The average Bonchev–Trinajstić information content (AvgIpc) is 2.71. The van der Waals surface area contributed by atoms with Crippen LogP contribution in [0.4, 0.5) is 0 Å². The smallest absolute Gasteiger partial charge is 0.222 e. The summed E-state index contributed by atoms with van der Waals surface area (Å²) in [5.74, 6) is 0.149. The summed E-state index contributed by atoms with van der Waals surface area (Å²) < 4.78 is 5.54. The molecule has 15 heavy (non-hydrogen) atoms. The minimum Gasteiger partial charge on any atom is -0.378 e. The van der Waals surface area contributed by atoms with Crippen LogP contribution in [0.5, 0.6) is 0 Å². The van der Waals surface area contributed by atoms with Crippen molar-refractivity contribution in [1.29, 1.82) is 0 Å². The van der Waals surface area contributed by atoms with E-state index in [0.29, 0.717) is 12.5 Å². The molecule has 0 aromatic heterocycles. The quantitative estimate of drug-likeness (QED) is 0.713. The minimum absolute atomic E-state index is 0.149. The van der Waals surface area contributed by atoms with Crippen molar-refractivity contribution in [3.63, 3.8) is 0 Å². The van der Waals surface area contributed by atoms with Gasteiger partial charge >= 0.3 is 0 Å². The van der Waals surface area contributed by atoms with Crippen LogP contribution in [-0.2, 0) is 9.53 Å². The molecular weight excluding hydrogens is 192 g/mol. The molecule has 0 saturated carbocycles. The van der Waals surface area contributed by atoms with Gasteiger partial charge in [-0.05, 0) is 32.2 Å². The fourth-order valence-corrected chi connectivity index (χ4v) is 2.24. The number of rotatable bonds is 3. The van der Waals surface area contributed by atoms with E-state index in [1.165, 1.54) is 6.42 Å². The van der Waals surface area contributed by atoms with Gasteiger partial charge in [-0.25, -0.2) is 0 Å². The molecule has 2 fully saturated rings. The first-order valence-corrected chi connectivity index (χ1v) is 5.96. The van der Waals surface area contributed by atoms with Crippen LogP contribution in [0.1, 0.15) is 32.1 Å². The standard InChI is InChI=1S/C11H20N2O2/c14-11(13-9-4-5-12-8-9)7-10-3-1-2-6-15-10/h9-10,12H,1-8H2,(H,13,14)/t9-,10?/m0/s1. The lowest BCUT2D eigenvalue weighted by Gasteiger charge is -2.22. The number of hydrogen-bond donors (Lipinski definition) is 2. The van der Waals surface area contributed by atoms with Gasteiger partial charge in [0.1, 0.15) is 0 Å². The molecule has 0 aromatic carbocycles. The highest BCUT2D eigenvalue weighted by Gasteiger charge is 2.21. The average molecular weight is 212 g/mol. The first-order valence-electron chi connectivity index (χ1n) is 5.96. The number of ether oxygens (including phenoxy) is 1. The van der Waals surface area contributed by atoms with E-state index in [0.717, 1.165) is 39.0 Å². The summed E-state index contributed by atoms with van der Waals surface area (Å²) in [4.78, 5) is 11.6. The van der Waals surface area contributed by atoms with Crippen LogP contribution in [0.3, 0.4) is 0 Å². The predicted molar refractivity (Wildman–Crippen MR) is 57.6 cm³/mol. The fraction of sp³-hybridized carbons (Fsp3) is 0.909.